The minimum absolute atomic E-state index is 0.152. The molecule has 0 unspecified atom stereocenters. The molecule has 9 heteroatoms. The molecule has 0 saturated heterocycles. The van der Waals surface area contributed by atoms with Gasteiger partial charge in [0.15, 0.2) is 11.4 Å². The maximum atomic E-state index is 13.5. The average Bonchev–Trinajstić information content (AvgIpc) is 2.91. The second-order valence-corrected chi connectivity index (χ2v) is 8.25. The fraction of sp³-hybridized carbons (Fsp3) is 0.148. The molecule has 0 atom stereocenters. The van der Waals surface area contributed by atoms with Gasteiger partial charge in [-0.3, -0.25) is 9.59 Å². The van der Waals surface area contributed by atoms with Gasteiger partial charge in [-0.25, -0.2) is 0 Å². The van der Waals surface area contributed by atoms with Crippen LogP contribution >= 0.6 is 11.6 Å². The Morgan fingerprint density at radius 1 is 0.972 bits per heavy atom. The number of aromatic nitrogens is 2. The highest BCUT2D eigenvalue weighted by molar-refractivity contribution is 6.30. The molecule has 2 N–H and O–H groups in total. The van der Waals surface area contributed by atoms with E-state index in [1.165, 1.54) is 10.9 Å². The first-order valence-corrected chi connectivity index (χ1v) is 11.7. The van der Waals surface area contributed by atoms with E-state index in [9.17, 15) is 9.59 Å². The monoisotopic (exact) mass is 504 g/mol. The van der Waals surface area contributed by atoms with Gasteiger partial charge in [-0.2, -0.15) is 9.78 Å². The van der Waals surface area contributed by atoms with Gasteiger partial charge in [-0.05, 0) is 79.2 Å². The summed E-state index contributed by atoms with van der Waals surface area (Å²) in [6.07, 6.45) is 2.32. The van der Waals surface area contributed by atoms with Crippen LogP contribution in [0.3, 0.4) is 0 Å². The van der Waals surface area contributed by atoms with Gasteiger partial charge in [0.25, 0.3) is 11.5 Å². The van der Waals surface area contributed by atoms with Crippen LogP contribution in [0, 0.1) is 0 Å². The van der Waals surface area contributed by atoms with Gasteiger partial charge in [-0.1, -0.05) is 18.5 Å². The molecular weight excluding hydrogens is 480 g/mol. The summed E-state index contributed by atoms with van der Waals surface area (Å²) in [6, 6.07) is 20.6. The number of benzene rings is 3. The number of carbonyl (C=O) groups excluding carboxylic acids is 1. The van der Waals surface area contributed by atoms with Crippen LogP contribution in [0.15, 0.2) is 83.8 Å². The van der Waals surface area contributed by atoms with Crippen molar-refractivity contribution in [2.24, 2.45) is 0 Å². The van der Waals surface area contributed by atoms with Crippen LogP contribution in [0.25, 0.3) is 5.69 Å². The molecule has 1 aromatic heterocycles. The summed E-state index contributed by atoms with van der Waals surface area (Å²) in [4.78, 5) is 25.7. The van der Waals surface area contributed by atoms with Crippen molar-refractivity contribution in [2.75, 3.05) is 19.0 Å². The van der Waals surface area contributed by atoms with Crippen molar-refractivity contribution in [3.8, 4) is 22.9 Å². The number of hydrogen-bond acceptors (Lipinski definition) is 6. The Kier molecular flexibility index (Phi) is 7.87. The molecule has 0 radical (unpaired) electrons. The van der Waals surface area contributed by atoms with E-state index in [0.29, 0.717) is 40.0 Å². The van der Waals surface area contributed by atoms with Crippen LogP contribution in [-0.2, 0) is 0 Å². The standard InChI is InChI=1S/C27H25ClN4O4/c1-3-16-29-26(33)18-4-8-20(9-5-18)31-25-24(36-23-14-12-22(35-2)13-15-23)17-30-32(27(25)34)21-10-6-19(28)7-11-21/h4-15,17,31H,3,16H2,1-2H3,(H,29,33). The summed E-state index contributed by atoms with van der Waals surface area (Å²) in [5.74, 6) is 1.27. The molecule has 4 rings (SSSR count). The van der Waals surface area contributed by atoms with Crippen molar-refractivity contribution >= 4 is 28.9 Å². The molecule has 8 nitrogen and oxygen atoms in total. The first kappa shape index (κ1) is 24.8. The lowest BCUT2D eigenvalue weighted by atomic mass is 10.2. The van der Waals surface area contributed by atoms with Gasteiger partial charge >= 0.3 is 0 Å². The average molecular weight is 505 g/mol. The lowest BCUT2D eigenvalue weighted by Crippen LogP contribution is -2.24. The van der Waals surface area contributed by atoms with Crippen molar-refractivity contribution in [3.05, 3.63) is 99.9 Å². The van der Waals surface area contributed by atoms with E-state index in [-0.39, 0.29) is 17.3 Å². The summed E-state index contributed by atoms with van der Waals surface area (Å²) in [5.41, 5.74) is 1.43. The predicted molar refractivity (Wildman–Crippen MR) is 140 cm³/mol. The molecule has 184 valence electrons. The van der Waals surface area contributed by atoms with E-state index < -0.39 is 5.56 Å². The summed E-state index contributed by atoms with van der Waals surface area (Å²) < 4.78 is 12.4. The van der Waals surface area contributed by atoms with E-state index in [4.69, 9.17) is 21.1 Å². The number of methoxy groups -OCH3 is 1. The number of nitrogens with zero attached hydrogens (tertiary/aromatic N) is 2. The molecule has 36 heavy (non-hydrogen) atoms. The zero-order valence-electron chi connectivity index (χ0n) is 19.8. The Bertz CT molecular complexity index is 1390. The number of anilines is 2. The van der Waals surface area contributed by atoms with Crippen molar-refractivity contribution in [1.29, 1.82) is 0 Å². The van der Waals surface area contributed by atoms with E-state index in [2.05, 4.69) is 15.7 Å². The van der Waals surface area contributed by atoms with Gasteiger partial charge in [0.1, 0.15) is 11.5 Å². The summed E-state index contributed by atoms with van der Waals surface area (Å²) >= 11 is 6.00. The number of rotatable bonds is 9. The number of carbonyl (C=O) groups is 1. The molecule has 1 amide bonds. The number of amides is 1. The van der Waals surface area contributed by atoms with Gasteiger partial charge < -0.3 is 20.1 Å². The van der Waals surface area contributed by atoms with Crippen molar-refractivity contribution in [2.45, 2.75) is 13.3 Å². The number of halogens is 1. The molecule has 0 aliphatic heterocycles. The Morgan fingerprint density at radius 3 is 2.28 bits per heavy atom. The summed E-state index contributed by atoms with van der Waals surface area (Å²) in [6.45, 7) is 2.59. The molecule has 0 spiro atoms. The van der Waals surface area contributed by atoms with E-state index in [1.807, 2.05) is 6.92 Å². The lowest BCUT2D eigenvalue weighted by Gasteiger charge is -2.15. The Hall–Kier alpha value is -4.30. The Morgan fingerprint density at radius 2 is 1.64 bits per heavy atom. The highest BCUT2D eigenvalue weighted by Crippen LogP contribution is 2.30. The maximum absolute atomic E-state index is 13.5. The van der Waals surface area contributed by atoms with Crippen LogP contribution in [0.2, 0.25) is 5.02 Å². The quantitative estimate of drug-likeness (QED) is 0.309. The zero-order valence-corrected chi connectivity index (χ0v) is 20.6. The third-order valence-corrected chi connectivity index (χ3v) is 5.51. The first-order valence-electron chi connectivity index (χ1n) is 11.3. The third-order valence-electron chi connectivity index (χ3n) is 5.25. The van der Waals surface area contributed by atoms with Gasteiger partial charge in [0, 0.05) is 22.8 Å². The van der Waals surface area contributed by atoms with E-state index >= 15 is 0 Å². The molecule has 0 saturated carbocycles. The molecule has 3 aromatic carbocycles. The molecule has 0 bridgehead atoms. The van der Waals surface area contributed by atoms with Crippen LogP contribution < -0.4 is 25.7 Å². The minimum Gasteiger partial charge on any atom is -0.497 e. The van der Waals surface area contributed by atoms with Crippen LogP contribution in [0.4, 0.5) is 11.4 Å². The number of nitrogens with one attached hydrogen (secondary N) is 2. The van der Waals surface area contributed by atoms with E-state index in [0.717, 1.165) is 6.42 Å². The lowest BCUT2D eigenvalue weighted by molar-refractivity contribution is 0.0953. The van der Waals surface area contributed by atoms with Gasteiger partial charge in [-0.15, -0.1) is 0 Å². The highest BCUT2D eigenvalue weighted by Gasteiger charge is 2.16. The maximum Gasteiger partial charge on any atom is 0.299 e. The first-order chi connectivity index (χ1) is 17.5. The SMILES string of the molecule is CCCNC(=O)c1ccc(Nc2c(Oc3ccc(OC)cc3)cnn(-c3ccc(Cl)cc3)c2=O)cc1. The van der Waals surface area contributed by atoms with Crippen molar-refractivity contribution in [3.63, 3.8) is 0 Å². The largest absolute Gasteiger partial charge is 0.497 e. The summed E-state index contributed by atoms with van der Waals surface area (Å²) in [7, 11) is 1.58. The topological polar surface area (TPSA) is 94.5 Å². The van der Waals surface area contributed by atoms with Crippen molar-refractivity contribution < 1.29 is 14.3 Å². The van der Waals surface area contributed by atoms with Crippen LogP contribution in [0.5, 0.6) is 17.2 Å². The predicted octanol–water partition coefficient (Wildman–Crippen LogP) is 5.57. The minimum atomic E-state index is -0.423. The molecule has 0 aliphatic rings. The molecule has 4 aromatic rings. The van der Waals surface area contributed by atoms with Crippen LogP contribution in [-0.4, -0.2) is 29.3 Å². The highest BCUT2D eigenvalue weighted by atomic mass is 35.5. The number of ether oxygens (including phenoxy) is 2. The van der Waals surface area contributed by atoms with Crippen molar-refractivity contribution in [1.82, 2.24) is 15.1 Å². The zero-order chi connectivity index (χ0) is 25.5. The molecule has 0 aliphatic carbocycles. The Labute approximate surface area is 213 Å². The Balaban J connectivity index is 1.69. The molecular formula is C27H25ClN4O4. The van der Waals surface area contributed by atoms with Gasteiger partial charge in [0.2, 0.25) is 0 Å². The fourth-order valence-corrected chi connectivity index (χ4v) is 3.48. The number of hydrogen-bond donors (Lipinski definition) is 2. The van der Waals surface area contributed by atoms with Crippen LogP contribution in [0.1, 0.15) is 23.7 Å². The van der Waals surface area contributed by atoms with Gasteiger partial charge in [0.05, 0.1) is 19.0 Å². The normalized spacial score (nSPS) is 10.5. The summed E-state index contributed by atoms with van der Waals surface area (Å²) in [5, 5.41) is 10.8. The molecule has 1 heterocycles. The third kappa shape index (κ3) is 5.84. The fourth-order valence-electron chi connectivity index (χ4n) is 3.36. The second-order valence-electron chi connectivity index (χ2n) is 7.81. The van der Waals surface area contributed by atoms with E-state index in [1.54, 1.807) is 79.9 Å². The smallest absolute Gasteiger partial charge is 0.299 e. The second kappa shape index (κ2) is 11.4. The molecule has 0 fully saturated rings.